The molecule has 0 aromatic heterocycles. The first-order valence-electron chi connectivity index (χ1n) is 4.95. The van der Waals surface area contributed by atoms with Crippen molar-refractivity contribution >= 4 is 21.8 Å². The van der Waals surface area contributed by atoms with E-state index < -0.39 is 0 Å². The van der Waals surface area contributed by atoms with Gasteiger partial charge in [0.05, 0.1) is 0 Å². The largest absolute Gasteiger partial charge is 0.333 e. The Hall–Kier alpha value is -0.570. The van der Waals surface area contributed by atoms with Crippen molar-refractivity contribution in [1.29, 1.82) is 0 Å². The van der Waals surface area contributed by atoms with E-state index >= 15 is 0 Å². The number of carbonyl (C=O) groups is 1. The Morgan fingerprint density at radius 2 is 2.50 bits per heavy atom. The van der Waals surface area contributed by atoms with Crippen LogP contribution < -0.4 is 5.32 Å². The lowest BCUT2D eigenvalue weighted by molar-refractivity contribution is -0.118. The first kappa shape index (κ1) is 11.5. The number of rotatable bonds is 2. The molecule has 0 aromatic rings. The summed E-state index contributed by atoms with van der Waals surface area (Å²) in [7, 11) is 0. The third-order valence-electron chi connectivity index (χ3n) is 2.47. The number of amides is 1. The van der Waals surface area contributed by atoms with E-state index in [9.17, 15) is 4.79 Å². The van der Waals surface area contributed by atoms with E-state index in [4.69, 9.17) is 0 Å². The number of allylic oxidation sites excluding steroid dienone is 3. The lowest BCUT2D eigenvalue weighted by atomic mass is 9.89. The Kier molecular flexibility index (Phi) is 4.39. The molecule has 2 nitrogen and oxygen atoms in total. The molecule has 0 radical (unpaired) electrons. The van der Waals surface area contributed by atoms with Crippen molar-refractivity contribution < 1.29 is 4.79 Å². The van der Waals surface area contributed by atoms with Crippen LogP contribution in [0.1, 0.15) is 33.1 Å². The minimum absolute atomic E-state index is 0.0172. The monoisotopic (exact) mass is 257 g/mol. The molecule has 14 heavy (non-hydrogen) atoms. The van der Waals surface area contributed by atoms with Gasteiger partial charge in [-0.2, -0.15) is 0 Å². The second-order valence-corrected chi connectivity index (χ2v) is 4.49. The Bertz CT molecular complexity index is 281. The molecule has 1 N–H and O–H groups in total. The summed E-state index contributed by atoms with van der Waals surface area (Å²) in [6.07, 6.45) is 7.37. The van der Waals surface area contributed by atoms with E-state index in [1.165, 1.54) is 18.9 Å². The van der Waals surface area contributed by atoms with Crippen LogP contribution in [0.25, 0.3) is 0 Å². The molecule has 0 fully saturated rings. The molecule has 0 saturated carbocycles. The normalized spacial score (nSPS) is 24.6. The van der Waals surface area contributed by atoms with Crippen molar-refractivity contribution in [2.45, 2.75) is 33.1 Å². The van der Waals surface area contributed by atoms with Crippen LogP contribution >= 0.6 is 15.9 Å². The molecule has 0 aliphatic heterocycles. The maximum absolute atomic E-state index is 10.8. The highest BCUT2D eigenvalue weighted by atomic mass is 79.9. The van der Waals surface area contributed by atoms with E-state index in [2.05, 4.69) is 34.2 Å². The lowest BCUT2D eigenvalue weighted by Crippen LogP contribution is -2.15. The van der Waals surface area contributed by atoms with Crippen LogP contribution in [-0.4, -0.2) is 5.91 Å². The fourth-order valence-corrected chi connectivity index (χ4v) is 1.98. The third kappa shape index (κ3) is 3.29. The third-order valence-corrected chi connectivity index (χ3v) is 3.31. The standard InChI is InChI=1S/C11H16BrNO/c1-3-9-4-5-11(12)10(6-9)7-13-8(2)14/h5,7,9H,3-4,6H2,1-2H3,(H,13,14)/b10-7-/t9-/m0/s1. The van der Waals surface area contributed by atoms with Crippen LogP contribution in [0.3, 0.4) is 0 Å². The quantitative estimate of drug-likeness (QED) is 0.810. The molecular weight excluding hydrogens is 242 g/mol. The summed E-state index contributed by atoms with van der Waals surface area (Å²) in [4.78, 5) is 10.8. The summed E-state index contributed by atoms with van der Waals surface area (Å²) in [5.74, 6) is 0.702. The summed E-state index contributed by atoms with van der Waals surface area (Å²) in [6.45, 7) is 3.72. The summed E-state index contributed by atoms with van der Waals surface area (Å²) >= 11 is 3.50. The van der Waals surface area contributed by atoms with Gasteiger partial charge in [0.1, 0.15) is 0 Å². The van der Waals surface area contributed by atoms with Crippen molar-refractivity contribution in [2.75, 3.05) is 0 Å². The zero-order valence-electron chi connectivity index (χ0n) is 8.64. The Labute approximate surface area is 93.6 Å². The fraction of sp³-hybridized carbons (Fsp3) is 0.545. The maximum Gasteiger partial charge on any atom is 0.220 e. The van der Waals surface area contributed by atoms with Crippen LogP contribution in [0.5, 0.6) is 0 Å². The van der Waals surface area contributed by atoms with E-state index in [1.807, 2.05) is 6.20 Å². The van der Waals surface area contributed by atoms with Gasteiger partial charge in [0.25, 0.3) is 0 Å². The molecule has 3 heteroatoms. The minimum atomic E-state index is -0.0172. The predicted octanol–water partition coefficient (Wildman–Crippen LogP) is 3.11. The summed E-state index contributed by atoms with van der Waals surface area (Å²) in [6, 6.07) is 0. The van der Waals surface area contributed by atoms with Gasteiger partial charge in [-0.15, -0.1) is 0 Å². The smallest absolute Gasteiger partial charge is 0.220 e. The molecule has 0 unspecified atom stereocenters. The number of hydrogen-bond acceptors (Lipinski definition) is 1. The molecule has 78 valence electrons. The molecule has 1 rings (SSSR count). The maximum atomic E-state index is 10.8. The first-order valence-corrected chi connectivity index (χ1v) is 5.75. The zero-order chi connectivity index (χ0) is 10.6. The molecular formula is C11H16BrNO. The van der Waals surface area contributed by atoms with Crippen LogP contribution in [0.4, 0.5) is 0 Å². The lowest BCUT2D eigenvalue weighted by Gasteiger charge is -2.20. The summed E-state index contributed by atoms with van der Waals surface area (Å²) in [5, 5.41) is 2.72. The zero-order valence-corrected chi connectivity index (χ0v) is 10.2. The number of halogens is 1. The number of nitrogens with one attached hydrogen (secondary N) is 1. The van der Waals surface area contributed by atoms with Gasteiger partial charge in [0, 0.05) is 17.6 Å². The molecule has 1 atom stereocenters. The van der Waals surface area contributed by atoms with Gasteiger partial charge in [-0.05, 0) is 24.3 Å². The molecule has 0 spiro atoms. The van der Waals surface area contributed by atoms with Gasteiger partial charge in [0.2, 0.25) is 5.91 Å². The van der Waals surface area contributed by atoms with Crippen molar-refractivity contribution in [3.63, 3.8) is 0 Å². The van der Waals surface area contributed by atoms with Crippen molar-refractivity contribution in [1.82, 2.24) is 5.32 Å². The summed E-state index contributed by atoms with van der Waals surface area (Å²) < 4.78 is 1.12. The Morgan fingerprint density at radius 3 is 3.07 bits per heavy atom. The molecule has 0 saturated heterocycles. The van der Waals surface area contributed by atoms with Crippen LogP contribution in [0, 0.1) is 5.92 Å². The van der Waals surface area contributed by atoms with Gasteiger partial charge in [-0.1, -0.05) is 35.4 Å². The highest BCUT2D eigenvalue weighted by molar-refractivity contribution is 9.12. The van der Waals surface area contributed by atoms with Crippen molar-refractivity contribution in [3.8, 4) is 0 Å². The van der Waals surface area contributed by atoms with Gasteiger partial charge in [-0.25, -0.2) is 0 Å². The molecule has 1 amide bonds. The minimum Gasteiger partial charge on any atom is -0.333 e. The Balaban J connectivity index is 2.67. The SMILES string of the molecule is CC[C@H]1CC=C(Br)/C(=C\NC(C)=O)C1. The highest BCUT2D eigenvalue weighted by Gasteiger charge is 2.15. The van der Waals surface area contributed by atoms with E-state index in [0.29, 0.717) is 0 Å². The second kappa shape index (κ2) is 5.35. The van der Waals surface area contributed by atoms with Gasteiger partial charge >= 0.3 is 0 Å². The topological polar surface area (TPSA) is 29.1 Å². The van der Waals surface area contributed by atoms with Crippen molar-refractivity contribution in [2.24, 2.45) is 5.92 Å². The van der Waals surface area contributed by atoms with Gasteiger partial charge in [-0.3, -0.25) is 4.79 Å². The van der Waals surface area contributed by atoms with Gasteiger partial charge < -0.3 is 5.32 Å². The fourth-order valence-electron chi connectivity index (χ4n) is 1.52. The molecule has 0 aromatic carbocycles. The van der Waals surface area contributed by atoms with E-state index in [-0.39, 0.29) is 5.91 Å². The summed E-state index contributed by atoms with van der Waals surface area (Å²) in [5.41, 5.74) is 1.19. The van der Waals surface area contributed by atoms with Crippen LogP contribution in [0.2, 0.25) is 0 Å². The van der Waals surface area contributed by atoms with Gasteiger partial charge in [0.15, 0.2) is 0 Å². The molecule has 0 heterocycles. The number of hydrogen-bond donors (Lipinski definition) is 1. The molecule has 1 aliphatic rings. The van der Waals surface area contributed by atoms with E-state index in [0.717, 1.165) is 23.2 Å². The highest BCUT2D eigenvalue weighted by Crippen LogP contribution is 2.33. The molecule has 0 bridgehead atoms. The Morgan fingerprint density at radius 1 is 1.79 bits per heavy atom. The van der Waals surface area contributed by atoms with Crippen LogP contribution in [-0.2, 0) is 4.79 Å². The number of carbonyl (C=O) groups excluding carboxylic acids is 1. The van der Waals surface area contributed by atoms with Crippen LogP contribution in [0.15, 0.2) is 22.3 Å². The van der Waals surface area contributed by atoms with E-state index in [1.54, 1.807) is 0 Å². The average molecular weight is 258 g/mol. The first-order chi connectivity index (χ1) is 6.63. The van der Waals surface area contributed by atoms with Crippen molar-refractivity contribution in [3.05, 3.63) is 22.3 Å². The second-order valence-electron chi connectivity index (χ2n) is 3.64. The molecule has 1 aliphatic carbocycles. The average Bonchev–Trinajstić information content (AvgIpc) is 2.16. The predicted molar refractivity (Wildman–Crippen MR) is 61.9 cm³/mol.